The van der Waals surface area contributed by atoms with Crippen molar-refractivity contribution in [1.29, 1.82) is 0 Å². The first-order valence-electron chi connectivity index (χ1n) is 10.2. The molecule has 0 fully saturated rings. The van der Waals surface area contributed by atoms with Crippen LogP contribution in [0.4, 0.5) is 0 Å². The van der Waals surface area contributed by atoms with Gasteiger partial charge in [0.2, 0.25) is 0 Å². The molecule has 0 saturated heterocycles. The number of imidazole rings is 1. The number of fused-ring (bicyclic) bond motifs is 1. The highest BCUT2D eigenvalue weighted by molar-refractivity contribution is 7.90. The second-order valence-corrected chi connectivity index (χ2v) is 9.58. The number of hydrogen-bond donors (Lipinski definition) is 1. The minimum atomic E-state index is -3.50. The van der Waals surface area contributed by atoms with Crippen LogP contribution in [0, 0.1) is 0 Å². The highest BCUT2D eigenvalue weighted by atomic mass is 32.2. The lowest BCUT2D eigenvalue weighted by Gasteiger charge is -2.19. The Morgan fingerprint density at radius 1 is 1.18 bits per heavy atom. The third-order valence-corrected chi connectivity index (χ3v) is 5.90. The predicted molar refractivity (Wildman–Crippen MR) is 123 cm³/mol. The molecule has 11 heteroatoms. The third kappa shape index (κ3) is 4.72. The zero-order valence-electron chi connectivity index (χ0n) is 18.3. The van der Waals surface area contributed by atoms with Gasteiger partial charge in [0, 0.05) is 24.2 Å². The van der Waals surface area contributed by atoms with Crippen LogP contribution in [0.25, 0.3) is 22.4 Å². The molecular formula is C22H23N5O5S. The maximum Gasteiger partial charge on any atom is 0.328 e. The van der Waals surface area contributed by atoms with E-state index in [1.807, 2.05) is 18.2 Å². The Morgan fingerprint density at radius 3 is 2.67 bits per heavy atom. The van der Waals surface area contributed by atoms with Gasteiger partial charge < -0.3 is 14.5 Å². The number of H-pyrrole nitrogens is 1. The van der Waals surface area contributed by atoms with Gasteiger partial charge in [0.1, 0.15) is 9.84 Å². The van der Waals surface area contributed by atoms with E-state index >= 15 is 0 Å². The molecule has 0 bridgehead atoms. The van der Waals surface area contributed by atoms with E-state index in [4.69, 9.17) is 9.47 Å². The predicted octanol–water partition coefficient (Wildman–Crippen LogP) is 2.22. The lowest BCUT2D eigenvalue weighted by atomic mass is 10.2. The van der Waals surface area contributed by atoms with E-state index in [2.05, 4.69) is 19.9 Å². The molecular weight excluding hydrogens is 446 g/mol. The SMILES string of the molecule is CCOc1nc([C@@H](CS(C)(=O)=O)n2c(=O)[nH]c3cc(-c4ccccn4)cnc32)ccc1OC. The van der Waals surface area contributed by atoms with Gasteiger partial charge in [-0.1, -0.05) is 6.07 Å². The number of methoxy groups -OCH3 is 1. The van der Waals surface area contributed by atoms with Crippen LogP contribution in [0.5, 0.6) is 11.6 Å². The molecule has 0 spiro atoms. The van der Waals surface area contributed by atoms with Crippen LogP contribution < -0.4 is 15.2 Å². The Balaban J connectivity index is 1.88. The summed E-state index contributed by atoms with van der Waals surface area (Å²) in [6.07, 6.45) is 4.37. The van der Waals surface area contributed by atoms with E-state index in [0.29, 0.717) is 34.9 Å². The molecule has 0 amide bonds. The zero-order valence-corrected chi connectivity index (χ0v) is 19.2. The van der Waals surface area contributed by atoms with Gasteiger partial charge in [0.15, 0.2) is 11.4 Å². The summed E-state index contributed by atoms with van der Waals surface area (Å²) in [6, 6.07) is 9.57. The van der Waals surface area contributed by atoms with Crippen molar-refractivity contribution in [2.45, 2.75) is 13.0 Å². The fourth-order valence-corrected chi connectivity index (χ4v) is 4.47. The van der Waals surface area contributed by atoms with Crippen molar-refractivity contribution >= 4 is 21.0 Å². The van der Waals surface area contributed by atoms with E-state index in [0.717, 1.165) is 11.8 Å². The van der Waals surface area contributed by atoms with Crippen LogP contribution in [-0.4, -0.2) is 58.6 Å². The lowest BCUT2D eigenvalue weighted by Crippen LogP contribution is -2.29. The smallest absolute Gasteiger partial charge is 0.328 e. The standard InChI is InChI=1S/C22H23N5O5S/c1-4-32-21-19(31-2)9-8-16(25-21)18(13-33(3,29)30)27-20-17(26-22(27)28)11-14(12-24-20)15-7-5-6-10-23-15/h5-12,18H,4,13H2,1-3H3,(H,26,28)/t18-/m1/s1. The summed E-state index contributed by atoms with van der Waals surface area (Å²) in [6.45, 7) is 2.14. The van der Waals surface area contributed by atoms with Gasteiger partial charge in [-0.25, -0.2) is 23.2 Å². The van der Waals surface area contributed by atoms with E-state index < -0.39 is 21.6 Å². The third-order valence-electron chi connectivity index (χ3n) is 4.98. The molecule has 4 aromatic rings. The molecule has 1 N–H and O–H groups in total. The fourth-order valence-electron chi connectivity index (χ4n) is 3.58. The van der Waals surface area contributed by atoms with Gasteiger partial charge in [-0.15, -0.1) is 0 Å². The highest BCUT2D eigenvalue weighted by Gasteiger charge is 2.27. The Kier molecular flexibility index (Phi) is 6.14. The molecule has 0 aromatic carbocycles. The minimum absolute atomic E-state index is 0.217. The van der Waals surface area contributed by atoms with Crippen molar-refractivity contribution in [3.63, 3.8) is 0 Å². The zero-order chi connectivity index (χ0) is 23.6. The number of nitrogens with zero attached hydrogens (tertiary/aromatic N) is 4. The Hall–Kier alpha value is -3.73. The molecule has 0 aliphatic carbocycles. The molecule has 4 heterocycles. The van der Waals surface area contributed by atoms with E-state index in [-0.39, 0.29) is 11.6 Å². The summed E-state index contributed by atoms with van der Waals surface area (Å²) in [7, 11) is -2.01. The number of aromatic nitrogens is 5. The molecule has 4 rings (SSSR count). The first kappa shape index (κ1) is 22.5. The summed E-state index contributed by atoms with van der Waals surface area (Å²) >= 11 is 0. The maximum atomic E-state index is 13.0. The van der Waals surface area contributed by atoms with Crippen molar-refractivity contribution in [1.82, 2.24) is 24.5 Å². The second kappa shape index (κ2) is 9.02. The van der Waals surface area contributed by atoms with Crippen LogP contribution in [0.15, 0.2) is 53.6 Å². The lowest BCUT2D eigenvalue weighted by molar-refractivity contribution is 0.296. The molecule has 172 valence electrons. The molecule has 0 aliphatic heterocycles. The number of aromatic amines is 1. The summed E-state index contributed by atoms with van der Waals surface area (Å²) in [4.78, 5) is 29.0. The summed E-state index contributed by atoms with van der Waals surface area (Å²) in [5.74, 6) is 0.270. The second-order valence-electron chi connectivity index (χ2n) is 7.40. The molecule has 0 saturated carbocycles. The fraction of sp³-hybridized carbons (Fsp3) is 0.273. The number of nitrogens with one attached hydrogen (secondary N) is 1. The first-order chi connectivity index (χ1) is 15.8. The molecule has 0 radical (unpaired) electrons. The number of sulfone groups is 1. The number of rotatable bonds is 8. The Morgan fingerprint density at radius 2 is 2.00 bits per heavy atom. The van der Waals surface area contributed by atoms with Crippen molar-refractivity contribution in [3.05, 3.63) is 65.0 Å². The Labute approximate surface area is 190 Å². The summed E-state index contributed by atoms with van der Waals surface area (Å²) in [5.41, 5.74) is 2.02. The largest absolute Gasteiger partial charge is 0.491 e. The van der Waals surface area contributed by atoms with Gasteiger partial charge in [-0.05, 0) is 37.3 Å². The molecule has 10 nitrogen and oxygen atoms in total. The average Bonchev–Trinajstić information content (AvgIpc) is 3.12. The topological polar surface area (TPSA) is 129 Å². The van der Waals surface area contributed by atoms with Crippen LogP contribution >= 0.6 is 0 Å². The van der Waals surface area contributed by atoms with Gasteiger partial charge in [0.05, 0.1) is 42.4 Å². The van der Waals surface area contributed by atoms with Gasteiger partial charge in [-0.3, -0.25) is 9.55 Å². The van der Waals surface area contributed by atoms with Crippen LogP contribution in [0.3, 0.4) is 0 Å². The summed E-state index contributed by atoms with van der Waals surface area (Å²) in [5, 5.41) is 0. The first-order valence-corrected chi connectivity index (χ1v) is 12.2. The molecule has 1 atom stereocenters. The molecule has 33 heavy (non-hydrogen) atoms. The molecule has 0 aliphatic rings. The van der Waals surface area contributed by atoms with E-state index in [9.17, 15) is 13.2 Å². The van der Waals surface area contributed by atoms with Gasteiger partial charge in [0.25, 0.3) is 5.88 Å². The van der Waals surface area contributed by atoms with Crippen molar-refractivity contribution in [3.8, 4) is 22.9 Å². The number of pyridine rings is 3. The van der Waals surface area contributed by atoms with Crippen molar-refractivity contribution in [2.24, 2.45) is 0 Å². The van der Waals surface area contributed by atoms with Gasteiger partial charge in [-0.2, -0.15) is 0 Å². The normalized spacial score (nSPS) is 12.6. The average molecular weight is 470 g/mol. The van der Waals surface area contributed by atoms with Crippen LogP contribution in [0.1, 0.15) is 18.7 Å². The van der Waals surface area contributed by atoms with Crippen molar-refractivity contribution in [2.75, 3.05) is 25.7 Å². The van der Waals surface area contributed by atoms with Crippen LogP contribution in [0.2, 0.25) is 0 Å². The number of ether oxygens (including phenoxy) is 2. The summed E-state index contributed by atoms with van der Waals surface area (Å²) < 4.78 is 36.7. The van der Waals surface area contributed by atoms with Crippen LogP contribution in [-0.2, 0) is 9.84 Å². The van der Waals surface area contributed by atoms with E-state index in [1.165, 1.54) is 11.7 Å². The Bertz CT molecular complexity index is 1450. The highest BCUT2D eigenvalue weighted by Crippen LogP contribution is 2.30. The quantitative estimate of drug-likeness (QED) is 0.416. The van der Waals surface area contributed by atoms with E-state index in [1.54, 1.807) is 37.5 Å². The van der Waals surface area contributed by atoms with Gasteiger partial charge >= 0.3 is 5.69 Å². The molecule has 0 unspecified atom stereocenters. The molecule has 4 aromatic heterocycles. The maximum absolute atomic E-state index is 13.0. The van der Waals surface area contributed by atoms with Crippen molar-refractivity contribution < 1.29 is 17.9 Å². The monoisotopic (exact) mass is 469 g/mol. The minimum Gasteiger partial charge on any atom is -0.491 e. The number of hydrogen-bond acceptors (Lipinski definition) is 8.